The van der Waals surface area contributed by atoms with Crippen LogP contribution in [0.4, 0.5) is 0 Å². The second kappa shape index (κ2) is 7.60. The number of pyridine rings is 1. The van der Waals surface area contributed by atoms with Gasteiger partial charge < -0.3 is 9.88 Å². The first-order chi connectivity index (χ1) is 9.72. The molecule has 0 saturated carbocycles. The molecule has 20 heavy (non-hydrogen) atoms. The molecule has 0 bridgehead atoms. The van der Waals surface area contributed by atoms with Crippen molar-refractivity contribution in [2.24, 2.45) is 0 Å². The molecule has 1 atom stereocenters. The second-order valence-corrected chi connectivity index (χ2v) is 5.96. The monoisotopic (exact) mass is 335 g/mol. The van der Waals surface area contributed by atoms with Crippen LogP contribution in [0.1, 0.15) is 43.9 Å². The van der Waals surface area contributed by atoms with Crippen molar-refractivity contribution in [2.45, 2.75) is 39.3 Å². The zero-order chi connectivity index (χ0) is 14.4. The highest BCUT2D eigenvalue weighted by Gasteiger charge is 2.09. The van der Waals surface area contributed by atoms with E-state index >= 15 is 0 Å². The molecule has 2 heterocycles. The number of hydrogen-bond donors (Lipinski definition) is 1. The van der Waals surface area contributed by atoms with E-state index in [2.05, 4.69) is 69.2 Å². The van der Waals surface area contributed by atoms with Crippen LogP contribution in [-0.4, -0.2) is 16.1 Å². The number of nitrogens with zero attached hydrogens (tertiary/aromatic N) is 2. The van der Waals surface area contributed by atoms with E-state index < -0.39 is 0 Å². The Labute approximate surface area is 129 Å². The predicted molar refractivity (Wildman–Crippen MR) is 86.8 cm³/mol. The van der Waals surface area contributed by atoms with Gasteiger partial charge in [0.15, 0.2) is 0 Å². The highest BCUT2D eigenvalue weighted by atomic mass is 79.9. The van der Waals surface area contributed by atoms with Gasteiger partial charge in [-0.1, -0.05) is 13.8 Å². The summed E-state index contributed by atoms with van der Waals surface area (Å²) in [6, 6.07) is 4.78. The molecule has 0 saturated heterocycles. The van der Waals surface area contributed by atoms with Gasteiger partial charge in [0.05, 0.1) is 0 Å². The quantitative estimate of drug-likeness (QED) is 0.823. The van der Waals surface area contributed by atoms with Crippen molar-refractivity contribution >= 4 is 15.9 Å². The minimum Gasteiger partial charge on any atom is -0.350 e. The third-order valence-electron chi connectivity index (χ3n) is 3.35. The Morgan fingerprint density at radius 3 is 2.90 bits per heavy atom. The van der Waals surface area contributed by atoms with E-state index in [-0.39, 0.29) is 0 Å². The number of rotatable bonds is 7. The molecule has 2 aromatic rings. The van der Waals surface area contributed by atoms with Crippen LogP contribution < -0.4 is 5.32 Å². The molecule has 0 spiro atoms. The number of halogens is 1. The van der Waals surface area contributed by atoms with Crippen LogP contribution in [0.15, 0.2) is 41.4 Å². The lowest BCUT2D eigenvalue weighted by molar-refractivity contribution is 0.517. The lowest BCUT2D eigenvalue weighted by Gasteiger charge is -2.15. The molecule has 2 rings (SSSR count). The topological polar surface area (TPSA) is 29.9 Å². The van der Waals surface area contributed by atoms with E-state index in [1.807, 2.05) is 12.4 Å². The fraction of sp³-hybridized carbons (Fsp3) is 0.438. The van der Waals surface area contributed by atoms with E-state index in [9.17, 15) is 0 Å². The molecule has 108 valence electrons. The van der Waals surface area contributed by atoms with Gasteiger partial charge in [-0.15, -0.1) is 0 Å². The van der Waals surface area contributed by atoms with Gasteiger partial charge in [0.2, 0.25) is 0 Å². The molecule has 0 aliphatic rings. The summed E-state index contributed by atoms with van der Waals surface area (Å²) in [5, 5.41) is 3.59. The Morgan fingerprint density at radius 1 is 1.35 bits per heavy atom. The largest absolute Gasteiger partial charge is 0.350 e. The third kappa shape index (κ3) is 4.18. The first kappa shape index (κ1) is 15.3. The lowest BCUT2D eigenvalue weighted by Crippen LogP contribution is -2.21. The van der Waals surface area contributed by atoms with E-state index in [0.29, 0.717) is 6.04 Å². The first-order valence-electron chi connectivity index (χ1n) is 7.21. The lowest BCUT2D eigenvalue weighted by atomic mass is 10.1. The summed E-state index contributed by atoms with van der Waals surface area (Å²) in [5.41, 5.74) is 2.57. The molecule has 0 aromatic carbocycles. The molecular formula is C16H22BrN3. The molecular weight excluding hydrogens is 314 g/mol. The van der Waals surface area contributed by atoms with Crippen LogP contribution in [0.2, 0.25) is 0 Å². The number of nitrogens with one attached hydrogen (secondary N) is 1. The van der Waals surface area contributed by atoms with Gasteiger partial charge in [-0.25, -0.2) is 0 Å². The summed E-state index contributed by atoms with van der Waals surface area (Å²) in [6.07, 6.45) is 10.4. The number of aromatic nitrogens is 2. The van der Waals surface area contributed by atoms with Crippen molar-refractivity contribution in [3.63, 3.8) is 0 Å². The van der Waals surface area contributed by atoms with Crippen molar-refractivity contribution < 1.29 is 0 Å². The van der Waals surface area contributed by atoms with Gasteiger partial charge in [-0.05, 0) is 58.6 Å². The summed E-state index contributed by atoms with van der Waals surface area (Å²) >= 11 is 3.46. The summed E-state index contributed by atoms with van der Waals surface area (Å²) in [6.45, 7) is 6.35. The maximum atomic E-state index is 4.21. The van der Waals surface area contributed by atoms with E-state index in [4.69, 9.17) is 0 Å². The molecule has 2 aromatic heterocycles. The summed E-state index contributed by atoms with van der Waals surface area (Å²) in [5.74, 6) is 0. The van der Waals surface area contributed by atoms with E-state index in [1.54, 1.807) is 0 Å². The Hall–Kier alpha value is -1.13. The minimum absolute atomic E-state index is 0.455. The maximum Gasteiger partial charge on any atom is 0.0485 e. The van der Waals surface area contributed by atoms with Crippen molar-refractivity contribution in [3.8, 4) is 0 Å². The molecule has 0 aliphatic carbocycles. The standard InChI is InChI=1S/C16H22BrN3/c1-3-6-19-16(4-2)14-5-7-20(12-14)11-13-8-15(17)10-18-9-13/h5,7-10,12,16,19H,3-4,6,11H2,1-2H3. The molecule has 1 unspecified atom stereocenters. The summed E-state index contributed by atoms with van der Waals surface area (Å²) in [4.78, 5) is 4.21. The van der Waals surface area contributed by atoms with Crippen molar-refractivity contribution in [1.29, 1.82) is 0 Å². The highest BCUT2D eigenvalue weighted by molar-refractivity contribution is 9.10. The first-order valence-corrected chi connectivity index (χ1v) is 8.00. The summed E-state index contributed by atoms with van der Waals surface area (Å²) in [7, 11) is 0. The van der Waals surface area contributed by atoms with Crippen molar-refractivity contribution in [3.05, 3.63) is 52.5 Å². The molecule has 0 radical (unpaired) electrons. The summed E-state index contributed by atoms with van der Waals surface area (Å²) < 4.78 is 3.24. The minimum atomic E-state index is 0.455. The number of hydrogen-bond acceptors (Lipinski definition) is 2. The maximum absolute atomic E-state index is 4.21. The molecule has 1 N–H and O–H groups in total. The third-order valence-corrected chi connectivity index (χ3v) is 3.79. The van der Waals surface area contributed by atoms with Crippen molar-refractivity contribution in [2.75, 3.05) is 6.54 Å². The average Bonchev–Trinajstić information content (AvgIpc) is 2.88. The Balaban J connectivity index is 2.04. The van der Waals surface area contributed by atoms with Gasteiger partial charge in [-0.2, -0.15) is 0 Å². The fourth-order valence-electron chi connectivity index (χ4n) is 2.33. The van der Waals surface area contributed by atoms with E-state index in [1.165, 1.54) is 17.5 Å². The Morgan fingerprint density at radius 2 is 2.20 bits per heavy atom. The SMILES string of the molecule is CCCNC(CC)c1ccn(Cc2cncc(Br)c2)c1. The van der Waals surface area contributed by atoms with Crippen LogP contribution in [0.3, 0.4) is 0 Å². The van der Waals surface area contributed by atoms with Gasteiger partial charge >= 0.3 is 0 Å². The molecule has 4 heteroatoms. The van der Waals surface area contributed by atoms with Crippen LogP contribution in [0, 0.1) is 0 Å². The Bertz CT molecular complexity index is 536. The molecule has 0 aliphatic heterocycles. The molecule has 0 fully saturated rings. The van der Waals surface area contributed by atoms with Crippen LogP contribution in [0.5, 0.6) is 0 Å². The average molecular weight is 336 g/mol. The van der Waals surface area contributed by atoms with Gasteiger partial charge in [-0.3, -0.25) is 4.98 Å². The van der Waals surface area contributed by atoms with Gasteiger partial charge in [0.25, 0.3) is 0 Å². The van der Waals surface area contributed by atoms with Crippen LogP contribution in [0.25, 0.3) is 0 Å². The smallest absolute Gasteiger partial charge is 0.0485 e. The second-order valence-electron chi connectivity index (χ2n) is 5.04. The Kier molecular flexibility index (Phi) is 5.80. The molecule has 3 nitrogen and oxygen atoms in total. The zero-order valence-corrected chi connectivity index (χ0v) is 13.7. The predicted octanol–water partition coefficient (Wildman–Crippen LogP) is 4.14. The van der Waals surface area contributed by atoms with Gasteiger partial charge in [0, 0.05) is 41.8 Å². The van der Waals surface area contributed by atoms with E-state index in [0.717, 1.165) is 24.0 Å². The fourth-order valence-corrected chi connectivity index (χ4v) is 2.75. The molecule has 0 amide bonds. The highest BCUT2D eigenvalue weighted by Crippen LogP contribution is 2.18. The van der Waals surface area contributed by atoms with Gasteiger partial charge in [0.1, 0.15) is 0 Å². The van der Waals surface area contributed by atoms with Crippen LogP contribution >= 0.6 is 15.9 Å². The van der Waals surface area contributed by atoms with Crippen molar-refractivity contribution in [1.82, 2.24) is 14.9 Å². The zero-order valence-electron chi connectivity index (χ0n) is 12.1. The normalized spacial score (nSPS) is 12.6. The van der Waals surface area contributed by atoms with Crippen LogP contribution in [-0.2, 0) is 6.54 Å².